The Kier molecular flexibility index (Phi) is 4.15. The number of aryl methyl sites for hydroxylation is 1. The van der Waals surface area contributed by atoms with Crippen molar-refractivity contribution in [3.05, 3.63) is 5.01 Å². The number of hydrogen-bond acceptors (Lipinski definition) is 6. The lowest BCUT2D eigenvalue weighted by molar-refractivity contribution is 0.317. The third-order valence-electron chi connectivity index (χ3n) is 1.43. The number of aromatic nitrogens is 2. The lowest BCUT2D eigenvalue weighted by atomic mass is 10.3. The molecule has 5 nitrogen and oxygen atoms in total. The molecule has 0 amide bonds. The van der Waals surface area contributed by atoms with Crippen LogP contribution in [0.3, 0.4) is 0 Å². The lowest BCUT2D eigenvalue weighted by Gasteiger charge is -2.06. The summed E-state index contributed by atoms with van der Waals surface area (Å²) in [4.78, 5) is 0. The van der Waals surface area contributed by atoms with Crippen LogP contribution in [-0.2, 0) is 0 Å². The summed E-state index contributed by atoms with van der Waals surface area (Å²) < 4.78 is 0.917. The molecular formula is C7H12N4OS2. The minimum Gasteiger partial charge on any atom is -0.409 e. The van der Waals surface area contributed by atoms with Crippen LogP contribution < -0.4 is 5.73 Å². The predicted molar refractivity (Wildman–Crippen MR) is 58.0 cm³/mol. The fourth-order valence-corrected chi connectivity index (χ4v) is 3.02. The predicted octanol–water partition coefficient (Wildman–Crippen LogP) is 1.46. The van der Waals surface area contributed by atoms with Crippen LogP contribution in [0.2, 0.25) is 0 Å². The van der Waals surface area contributed by atoms with Gasteiger partial charge in [0.05, 0.1) is 0 Å². The highest BCUT2D eigenvalue weighted by Gasteiger charge is 2.10. The molecule has 1 heterocycles. The van der Waals surface area contributed by atoms with Crippen molar-refractivity contribution in [1.29, 1.82) is 0 Å². The molecular weight excluding hydrogens is 220 g/mol. The summed E-state index contributed by atoms with van der Waals surface area (Å²) >= 11 is 3.13. The third kappa shape index (κ3) is 3.51. The zero-order chi connectivity index (χ0) is 10.6. The first-order chi connectivity index (χ1) is 6.61. The summed E-state index contributed by atoms with van der Waals surface area (Å²) in [5.41, 5.74) is 5.39. The lowest BCUT2D eigenvalue weighted by Crippen LogP contribution is -2.16. The fraction of sp³-hybridized carbons (Fsp3) is 0.571. The number of oxime groups is 1. The summed E-state index contributed by atoms with van der Waals surface area (Å²) in [7, 11) is 0. The first-order valence-electron chi connectivity index (χ1n) is 4.05. The van der Waals surface area contributed by atoms with Crippen LogP contribution in [0.1, 0.15) is 18.4 Å². The van der Waals surface area contributed by atoms with Gasteiger partial charge in [-0.05, 0) is 6.92 Å². The van der Waals surface area contributed by atoms with Crippen molar-refractivity contribution in [2.45, 2.75) is 29.9 Å². The van der Waals surface area contributed by atoms with Crippen molar-refractivity contribution >= 4 is 28.9 Å². The minimum atomic E-state index is 0.234. The molecule has 0 bridgehead atoms. The van der Waals surface area contributed by atoms with E-state index in [1.165, 1.54) is 0 Å². The number of rotatable bonds is 4. The molecule has 3 N–H and O–H groups in total. The van der Waals surface area contributed by atoms with Gasteiger partial charge in [0.2, 0.25) is 0 Å². The Hall–Kier alpha value is -0.820. The average molecular weight is 232 g/mol. The van der Waals surface area contributed by atoms with Gasteiger partial charge in [-0.3, -0.25) is 0 Å². The Morgan fingerprint density at radius 1 is 1.71 bits per heavy atom. The second kappa shape index (κ2) is 5.16. The first kappa shape index (κ1) is 11.3. The van der Waals surface area contributed by atoms with E-state index in [-0.39, 0.29) is 11.1 Å². The quantitative estimate of drug-likeness (QED) is 0.270. The van der Waals surface area contributed by atoms with E-state index in [2.05, 4.69) is 15.4 Å². The highest BCUT2D eigenvalue weighted by Crippen LogP contribution is 2.27. The maximum absolute atomic E-state index is 8.38. The van der Waals surface area contributed by atoms with Crippen LogP contribution >= 0.6 is 23.1 Å². The highest BCUT2D eigenvalue weighted by molar-refractivity contribution is 8.01. The number of hydrogen-bond donors (Lipinski definition) is 2. The van der Waals surface area contributed by atoms with Crippen molar-refractivity contribution in [2.24, 2.45) is 10.9 Å². The van der Waals surface area contributed by atoms with Gasteiger partial charge < -0.3 is 10.9 Å². The van der Waals surface area contributed by atoms with Gasteiger partial charge in [0.1, 0.15) is 10.8 Å². The van der Waals surface area contributed by atoms with Crippen molar-refractivity contribution in [3.8, 4) is 0 Å². The van der Waals surface area contributed by atoms with Crippen LogP contribution in [0.25, 0.3) is 0 Å². The van der Waals surface area contributed by atoms with E-state index in [1.54, 1.807) is 23.1 Å². The third-order valence-corrected chi connectivity index (χ3v) is 3.46. The molecule has 0 saturated heterocycles. The second-order valence-electron chi connectivity index (χ2n) is 2.81. The zero-order valence-corrected chi connectivity index (χ0v) is 9.60. The van der Waals surface area contributed by atoms with Gasteiger partial charge in [0.25, 0.3) is 0 Å². The van der Waals surface area contributed by atoms with Crippen LogP contribution in [-0.4, -0.2) is 26.5 Å². The summed E-state index contributed by atoms with van der Waals surface area (Å²) in [6.45, 7) is 3.91. The molecule has 1 aromatic rings. The largest absolute Gasteiger partial charge is 0.409 e. The minimum absolute atomic E-state index is 0.234. The van der Waals surface area contributed by atoms with Crippen molar-refractivity contribution < 1.29 is 5.21 Å². The average Bonchev–Trinajstić information content (AvgIpc) is 2.50. The summed E-state index contributed by atoms with van der Waals surface area (Å²) in [5.74, 6) is 0.242. The van der Waals surface area contributed by atoms with Crippen molar-refractivity contribution in [2.75, 3.05) is 0 Å². The van der Waals surface area contributed by atoms with Crippen LogP contribution in [0.5, 0.6) is 0 Å². The Morgan fingerprint density at radius 2 is 2.43 bits per heavy atom. The van der Waals surface area contributed by atoms with Crippen LogP contribution in [0.4, 0.5) is 0 Å². The molecule has 1 atom stereocenters. The van der Waals surface area contributed by atoms with Crippen molar-refractivity contribution in [3.63, 3.8) is 0 Å². The summed E-state index contributed by atoms with van der Waals surface area (Å²) in [6.07, 6.45) is 0.541. The van der Waals surface area contributed by atoms with E-state index >= 15 is 0 Å². The molecule has 1 aromatic heterocycles. The number of nitrogens with zero attached hydrogens (tertiary/aromatic N) is 3. The molecule has 0 spiro atoms. The molecule has 0 aromatic carbocycles. The molecule has 0 fully saturated rings. The topological polar surface area (TPSA) is 84.4 Å². The number of nitrogens with two attached hydrogens (primary N) is 1. The fourth-order valence-electron chi connectivity index (χ4n) is 0.875. The van der Waals surface area contributed by atoms with E-state index in [9.17, 15) is 0 Å². The summed E-state index contributed by atoms with van der Waals surface area (Å²) in [5, 5.41) is 20.4. The molecule has 14 heavy (non-hydrogen) atoms. The number of amidine groups is 1. The van der Waals surface area contributed by atoms with E-state index in [0.29, 0.717) is 6.42 Å². The Bertz CT molecular complexity index is 325. The molecule has 0 aliphatic rings. The Labute approximate surface area is 90.4 Å². The molecule has 1 rings (SSSR count). The normalized spacial score (nSPS) is 14.3. The maximum atomic E-state index is 8.38. The first-order valence-corrected chi connectivity index (χ1v) is 5.74. The molecule has 1 unspecified atom stereocenters. The SMILES string of the molecule is Cc1nnc(SC(C)CC(N)=NO)s1. The molecule has 7 heteroatoms. The summed E-state index contributed by atoms with van der Waals surface area (Å²) in [6, 6.07) is 0. The van der Waals surface area contributed by atoms with E-state index in [1.807, 2.05) is 13.8 Å². The molecule has 0 radical (unpaired) electrons. The van der Waals surface area contributed by atoms with E-state index in [0.717, 1.165) is 9.35 Å². The zero-order valence-electron chi connectivity index (χ0n) is 7.97. The van der Waals surface area contributed by atoms with Gasteiger partial charge in [-0.2, -0.15) is 0 Å². The van der Waals surface area contributed by atoms with Crippen LogP contribution in [0.15, 0.2) is 9.50 Å². The number of thioether (sulfide) groups is 1. The molecule has 78 valence electrons. The standard InChI is InChI=1S/C7H12N4OS2/c1-4(3-6(8)11-12)13-7-10-9-5(2)14-7/h4,12H,3H2,1-2H3,(H2,8,11). The van der Waals surface area contributed by atoms with Crippen molar-refractivity contribution in [1.82, 2.24) is 10.2 Å². The van der Waals surface area contributed by atoms with Gasteiger partial charge in [-0.15, -0.1) is 10.2 Å². The molecule has 0 saturated carbocycles. The van der Waals surface area contributed by atoms with Gasteiger partial charge in [-0.1, -0.05) is 35.2 Å². The molecule has 0 aliphatic heterocycles. The van der Waals surface area contributed by atoms with Gasteiger partial charge in [0, 0.05) is 11.7 Å². The second-order valence-corrected chi connectivity index (χ2v) is 5.68. The van der Waals surface area contributed by atoms with E-state index in [4.69, 9.17) is 10.9 Å². The molecule has 0 aliphatic carbocycles. The Balaban J connectivity index is 2.45. The smallest absolute Gasteiger partial charge is 0.174 e. The van der Waals surface area contributed by atoms with E-state index < -0.39 is 0 Å². The van der Waals surface area contributed by atoms with Gasteiger partial charge in [-0.25, -0.2) is 0 Å². The monoisotopic (exact) mass is 232 g/mol. The van der Waals surface area contributed by atoms with Gasteiger partial charge in [0.15, 0.2) is 4.34 Å². The van der Waals surface area contributed by atoms with Crippen LogP contribution in [0, 0.1) is 6.92 Å². The highest BCUT2D eigenvalue weighted by atomic mass is 32.2. The maximum Gasteiger partial charge on any atom is 0.174 e. The van der Waals surface area contributed by atoms with Gasteiger partial charge >= 0.3 is 0 Å². The Morgan fingerprint density at radius 3 is 2.93 bits per heavy atom.